The monoisotopic (exact) mass is 282 g/mol. The van der Waals surface area contributed by atoms with Gasteiger partial charge >= 0.3 is 0 Å². The van der Waals surface area contributed by atoms with E-state index in [1.54, 1.807) is 0 Å². The molecule has 0 aromatic heterocycles. The van der Waals surface area contributed by atoms with Gasteiger partial charge in [-0.05, 0) is 58.8 Å². The maximum Gasteiger partial charge on any atom is 0.251 e. The van der Waals surface area contributed by atoms with Crippen molar-refractivity contribution in [3.05, 3.63) is 34.9 Å². The lowest BCUT2D eigenvalue weighted by molar-refractivity contribution is 0.0887. The molecule has 0 unspecified atom stereocenters. The zero-order valence-electron chi connectivity index (χ0n) is 11.9. The largest absolute Gasteiger partial charge is 0.347 e. The molecule has 3 nitrogen and oxygen atoms in total. The quantitative estimate of drug-likeness (QED) is 0.875. The fraction of sp³-hybridized carbons (Fsp3) is 0.533. The van der Waals surface area contributed by atoms with Gasteiger partial charge in [-0.1, -0.05) is 17.2 Å². The Morgan fingerprint density at radius 1 is 1.16 bits per heavy atom. The van der Waals surface area contributed by atoms with Gasteiger partial charge in [-0.2, -0.15) is 0 Å². The molecule has 0 bridgehead atoms. The first-order valence-corrected chi connectivity index (χ1v) is 6.60. The summed E-state index contributed by atoms with van der Waals surface area (Å²) in [5.41, 5.74) is 2.97. The maximum absolute atomic E-state index is 12.3. The van der Waals surface area contributed by atoms with E-state index in [0.29, 0.717) is 0 Å². The second-order valence-corrected chi connectivity index (χ2v) is 5.64. The first-order chi connectivity index (χ1) is 8.48. The number of aryl methyl sites for hydroxylation is 2. The zero-order chi connectivity index (χ0) is 13.2. The third-order valence-electron chi connectivity index (χ3n) is 3.61. The van der Waals surface area contributed by atoms with Crippen LogP contribution in [-0.2, 0) is 0 Å². The number of hydrogen-bond donors (Lipinski definition) is 2. The van der Waals surface area contributed by atoms with Crippen molar-refractivity contribution >= 4 is 18.3 Å². The Morgan fingerprint density at radius 2 is 1.68 bits per heavy atom. The van der Waals surface area contributed by atoms with Crippen LogP contribution in [0.1, 0.15) is 41.3 Å². The molecular weight excluding hydrogens is 260 g/mol. The molecule has 1 aromatic carbocycles. The highest BCUT2D eigenvalue weighted by Gasteiger charge is 2.28. The molecule has 1 fully saturated rings. The van der Waals surface area contributed by atoms with Crippen molar-refractivity contribution in [2.45, 2.75) is 39.2 Å². The predicted octanol–water partition coefficient (Wildman–Crippen LogP) is 2.60. The van der Waals surface area contributed by atoms with Crippen LogP contribution in [0, 0.1) is 13.8 Å². The summed E-state index contributed by atoms with van der Waals surface area (Å²) in [4.78, 5) is 12.3. The van der Waals surface area contributed by atoms with Crippen LogP contribution in [0.15, 0.2) is 18.2 Å². The van der Waals surface area contributed by atoms with Crippen molar-refractivity contribution in [2.24, 2.45) is 0 Å². The number of nitrogens with one attached hydrogen (secondary N) is 2. The van der Waals surface area contributed by atoms with Crippen LogP contribution in [0.4, 0.5) is 0 Å². The number of hydrogen-bond acceptors (Lipinski definition) is 2. The third kappa shape index (κ3) is 4.22. The number of benzene rings is 1. The summed E-state index contributed by atoms with van der Waals surface area (Å²) in [6.45, 7) is 8.13. The fourth-order valence-electron chi connectivity index (χ4n) is 2.56. The molecule has 0 atom stereocenters. The van der Waals surface area contributed by atoms with Gasteiger partial charge in [0.25, 0.3) is 5.91 Å². The summed E-state index contributed by atoms with van der Waals surface area (Å²) < 4.78 is 0. The Bertz CT molecular complexity index is 433. The van der Waals surface area contributed by atoms with Crippen molar-refractivity contribution in [1.82, 2.24) is 10.6 Å². The first kappa shape index (κ1) is 16.0. The number of amides is 1. The Hall–Kier alpha value is -1.06. The van der Waals surface area contributed by atoms with Gasteiger partial charge in [-0.3, -0.25) is 4.79 Å². The molecule has 1 aliphatic heterocycles. The highest BCUT2D eigenvalue weighted by Crippen LogP contribution is 2.18. The van der Waals surface area contributed by atoms with E-state index < -0.39 is 0 Å². The number of halogens is 1. The average molecular weight is 283 g/mol. The summed E-state index contributed by atoms with van der Waals surface area (Å²) >= 11 is 0. The minimum absolute atomic E-state index is 0. The molecule has 106 valence electrons. The number of rotatable bonds is 2. The van der Waals surface area contributed by atoms with Gasteiger partial charge in [0.1, 0.15) is 0 Å². The zero-order valence-corrected chi connectivity index (χ0v) is 12.7. The molecule has 0 spiro atoms. The van der Waals surface area contributed by atoms with E-state index in [4.69, 9.17) is 0 Å². The third-order valence-corrected chi connectivity index (χ3v) is 3.61. The predicted molar refractivity (Wildman–Crippen MR) is 81.1 cm³/mol. The topological polar surface area (TPSA) is 41.1 Å². The van der Waals surface area contributed by atoms with E-state index in [1.165, 1.54) is 0 Å². The van der Waals surface area contributed by atoms with Crippen LogP contribution in [0.25, 0.3) is 0 Å². The Morgan fingerprint density at radius 3 is 2.21 bits per heavy atom. The Balaban J connectivity index is 0.00000180. The number of carbonyl (C=O) groups excluding carboxylic acids is 1. The standard InChI is InChI=1S/C15H22N2O.ClH/c1-11-8-12(2)10-13(9-11)14(18)17-15(3)4-6-16-7-5-15;/h8-10,16H,4-7H2,1-3H3,(H,17,18);1H. The van der Waals surface area contributed by atoms with Crippen LogP contribution in [-0.4, -0.2) is 24.5 Å². The van der Waals surface area contributed by atoms with Gasteiger partial charge in [0.15, 0.2) is 0 Å². The van der Waals surface area contributed by atoms with E-state index in [-0.39, 0.29) is 23.9 Å². The molecule has 1 aromatic rings. The molecule has 1 saturated heterocycles. The van der Waals surface area contributed by atoms with Crippen molar-refractivity contribution in [2.75, 3.05) is 13.1 Å². The van der Waals surface area contributed by atoms with E-state index >= 15 is 0 Å². The molecule has 19 heavy (non-hydrogen) atoms. The van der Waals surface area contributed by atoms with Crippen LogP contribution in [0.5, 0.6) is 0 Å². The van der Waals surface area contributed by atoms with Crippen molar-refractivity contribution < 1.29 is 4.79 Å². The molecule has 4 heteroatoms. The summed E-state index contributed by atoms with van der Waals surface area (Å²) in [7, 11) is 0. The first-order valence-electron chi connectivity index (χ1n) is 6.60. The molecule has 1 amide bonds. The fourth-order valence-corrected chi connectivity index (χ4v) is 2.56. The van der Waals surface area contributed by atoms with Gasteiger partial charge < -0.3 is 10.6 Å². The van der Waals surface area contributed by atoms with Crippen LogP contribution >= 0.6 is 12.4 Å². The smallest absolute Gasteiger partial charge is 0.251 e. The van der Waals surface area contributed by atoms with Gasteiger partial charge in [0, 0.05) is 11.1 Å². The molecule has 2 N–H and O–H groups in total. The molecule has 1 heterocycles. The van der Waals surface area contributed by atoms with Gasteiger partial charge in [-0.25, -0.2) is 0 Å². The minimum atomic E-state index is -0.0695. The molecule has 1 aliphatic rings. The molecular formula is C15H23ClN2O. The number of piperidine rings is 1. The van der Waals surface area contributed by atoms with E-state index in [2.05, 4.69) is 23.6 Å². The highest BCUT2D eigenvalue weighted by molar-refractivity contribution is 5.95. The van der Waals surface area contributed by atoms with Gasteiger partial charge in [-0.15, -0.1) is 12.4 Å². The lowest BCUT2D eigenvalue weighted by Crippen LogP contribution is -2.52. The van der Waals surface area contributed by atoms with Crippen LogP contribution in [0.3, 0.4) is 0 Å². The second-order valence-electron chi connectivity index (χ2n) is 5.64. The van der Waals surface area contributed by atoms with E-state index in [0.717, 1.165) is 42.6 Å². The van der Waals surface area contributed by atoms with Crippen molar-refractivity contribution in [3.63, 3.8) is 0 Å². The Kier molecular flexibility index (Phi) is 5.39. The lowest BCUT2D eigenvalue weighted by Gasteiger charge is -2.35. The van der Waals surface area contributed by atoms with Crippen LogP contribution < -0.4 is 10.6 Å². The number of carbonyl (C=O) groups is 1. The SMILES string of the molecule is Cc1cc(C)cc(C(=O)NC2(C)CCNCC2)c1.Cl. The lowest BCUT2D eigenvalue weighted by atomic mass is 9.90. The van der Waals surface area contributed by atoms with Gasteiger partial charge in [0.2, 0.25) is 0 Å². The second kappa shape index (κ2) is 6.40. The van der Waals surface area contributed by atoms with Crippen LogP contribution in [0.2, 0.25) is 0 Å². The molecule has 0 aliphatic carbocycles. The maximum atomic E-state index is 12.3. The van der Waals surface area contributed by atoms with Crippen molar-refractivity contribution in [3.8, 4) is 0 Å². The molecule has 0 saturated carbocycles. The van der Waals surface area contributed by atoms with E-state index in [9.17, 15) is 4.79 Å². The molecule has 0 radical (unpaired) electrons. The summed E-state index contributed by atoms with van der Waals surface area (Å²) in [6, 6.07) is 5.99. The normalized spacial score (nSPS) is 17.4. The average Bonchev–Trinajstić information content (AvgIpc) is 2.28. The minimum Gasteiger partial charge on any atom is -0.347 e. The van der Waals surface area contributed by atoms with Gasteiger partial charge in [0.05, 0.1) is 0 Å². The van der Waals surface area contributed by atoms with E-state index in [1.807, 2.05) is 26.0 Å². The Labute approximate surface area is 121 Å². The molecule has 2 rings (SSSR count). The summed E-state index contributed by atoms with van der Waals surface area (Å²) in [6.07, 6.45) is 1.98. The van der Waals surface area contributed by atoms with Crippen molar-refractivity contribution in [1.29, 1.82) is 0 Å². The summed E-state index contributed by atoms with van der Waals surface area (Å²) in [5, 5.41) is 6.51. The summed E-state index contributed by atoms with van der Waals surface area (Å²) in [5.74, 6) is 0.0474. The highest BCUT2D eigenvalue weighted by atomic mass is 35.5.